The predicted molar refractivity (Wildman–Crippen MR) is 85.0 cm³/mol. The summed E-state index contributed by atoms with van der Waals surface area (Å²) in [7, 11) is 0. The summed E-state index contributed by atoms with van der Waals surface area (Å²) in [6.45, 7) is 2.87. The molecule has 0 aliphatic carbocycles. The number of alkyl halides is 3. The zero-order chi connectivity index (χ0) is 17.6. The van der Waals surface area contributed by atoms with Crippen LogP contribution in [-0.4, -0.2) is 27.6 Å². The lowest BCUT2D eigenvalue weighted by molar-refractivity contribution is -0.274. The molecule has 0 saturated heterocycles. The number of carbonyl (C=O) groups excluding carboxylic acids is 1. The first kappa shape index (κ1) is 18.2. The molecule has 1 amide bonds. The number of amides is 1. The molecule has 0 atom stereocenters. The number of aryl methyl sites for hydroxylation is 1. The van der Waals surface area contributed by atoms with Crippen LogP contribution >= 0.6 is 11.8 Å². The second kappa shape index (κ2) is 8.09. The second-order valence-electron chi connectivity index (χ2n) is 4.81. The Hall–Kier alpha value is -2.16. The molecule has 0 fully saturated rings. The van der Waals surface area contributed by atoms with E-state index in [1.807, 2.05) is 17.7 Å². The maximum Gasteiger partial charge on any atom is 0.573 e. The Morgan fingerprint density at radius 3 is 2.67 bits per heavy atom. The van der Waals surface area contributed by atoms with Crippen molar-refractivity contribution in [2.45, 2.75) is 31.4 Å². The number of hydrogen-bond donors (Lipinski definition) is 1. The highest BCUT2D eigenvalue weighted by Crippen LogP contribution is 2.24. The van der Waals surface area contributed by atoms with E-state index in [2.05, 4.69) is 15.0 Å². The third kappa shape index (κ3) is 5.80. The van der Waals surface area contributed by atoms with Gasteiger partial charge in [0.05, 0.1) is 5.75 Å². The van der Waals surface area contributed by atoms with E-state index in [9.17, 15) is 18.0 Å². The van der Waals surface area contributed by atoms with E-state index >= 15 is 0 Å². The summed E-state index contributed by atoms with van der Waals surface area (Å²) in [6, 6.07) is 4.98. The van der Waals surface area contributed by atoms with Crippen molar-refractivity contribution in [3.8, 4) is 5.75 Å². The third-order valence-corrected chi connectivity index (χ3v) is 3.85. The lowest BCUT2D eigenvalue weighted by atomic mass is 10.3. The number of thioether (sulfide) groups is 1. The van der Waals surface area contributed by atoms with Crippen LogP contribution in [0.2, 0.25) is 0 Å². The van der Waals surface area contributed by atoms with Gasteiger partial charge in [-0.15, -0.1) is 13.2 Å². The van der Waals surface area contributed by atoms with Crippen molar-refractivity contribution in [3.05, 3.63) is 36.7 Å². The van der Waals surface area contributed by atoms with Gasteiger partial charge in [-0.05, 0) is 30.7 Å². The number of nitrogens with one attached hydrogen (secondary N) is 1. The van der Waals surface area contributed by atoms with Crippen LogP contribution in [0.25, 0.3) is 0 Å². The van der Waals surface area contributed by atoms with Crippen molar-refractivity contribution >= 4 is 23.4 Å². The van der Waals surface area contributed by atoms with Crippen LogP contribution in [0.15, 0.2) is 41.8 Å². The van der Waals surface area contributed by atoms with E-state index in [1.54, 1.807) is 6.20 Å². The van der Waals surface area contributed by atoms with Crippen molar-refractivity contribution in [2.24, 2.45) is 0 Å². The smallest absolute Gasteiger partial charge is 0.406 e. The summed E-state index contributed by atoms with van der Waals surface area (Å²) >= 11 is 1.30. The van der Waals surface area contributed by atoms with Gasteiger partial charge in [0.1, 0.15) is 5.75 Å². The molecule has 24 heavy (non-hydrogen) atoms. The average molecular weight is 359 g/mol. The molecule has 0 radical (unpaired) electrons. The lowest BCUT2D eigenvalue weighted by Gasteiger charge is -2.10. The molecule has 1 heterocycles. The summed E-state index contributed by atoms with van der Waals surface area (Å²) < 4.78 is 41.9. The quantitative estimate of drug-likeness (QED) is 0.761. The van der Waals surface area contributed by atoms with Gasteiger partial charge in [0, 0.05) is 24.6 Å². The molecule has 1 N–H and O–H groups in total. The highest BCUT2D eigenvalue weighted by atomic mass is 32.2. The Labute approximate surface area is 141 Å². The molecule has 1 aromatic carbocycles. The zero-order valence-corrected chi connectivity index (χ0v) is 13.7. The van der Waals surface area contributed by atoms with Gasteiger partial charge in [-0.25, -0.2) is 4.98 Å². The molecule has 2 rings (SSSR count). The summed E-state index contributed by atoms with van der Waals surface area (Å²) in [6.07, 6.45) is -0.247. The molecule has 2 aromatic rings. The second-order valence-corrected chi connectivity index (χ2v) is 5.75. The minimum atomic E-state index is -4.73. The Morgan fingerprint density at radius 1 is 1.33 bits per heavy atom. The fraction of sp³-hybridized carbons (Fsp3) is 0.333. The maximum absolute atomic E-state index is 12.1. The van der Waals surface area contributed by atoms with Crippen molar-refractivity contribution in [1.29, 1.82) is 0 Å². The van der Waals surface area contributed by atoms with Crippen LogP contribution in [-0.2, 0) is 11.3 Å². The van der Waals surface area contributed by atoms with E-state index in [-0.39, 0.29) is 17.4 Å². The topological polar surface area (TPSA) is 56.2 Å². The first-order chi connectivity index (χ1) is 11.4. The minimum absolute atomic E-state index is 0.154. The molecule has 1 aromatic heterocycles. The fourth-order valence-electron chi connectivity index (χ4n) is 1.91. The monoisotopic (exact) mass is 359 g/mol. The van der Waals surface area contributed by atoms with Crippen LogP contribution < -0.4 is 10.1 Å². The first-order valence-electron chi connectivity index (χ1n) is 7.17. The standard InChI is InChI=1S/C15H16F3N3O2S/c1-2-8-21-9-7-19-14(21)24-10-13(22)20-11-3-5-12(6-4-11)23-15(16,17)18/h3-7,9H,2,8,10H2,1H3,(H,20,22). The van der Waals surface area contributed by atoms with Crippen LogP contribution in [0.1, 0.15) is 13.3 Å². The molecule has 9 heteroatoms. The van der Waals surface area contributed by atoms with Crippen molar-refractivity contribution < 1.29 is 22.7 Å². The SMILES string of the molecule is CCCn1ccnc1SCC(=O)Nc1ccc(OC(F)(F)F)cc1. The molecule has 5 nitrogen and oxygen atoms in total. The van der Waals surface area contributed by atoms with Gasteiger partial charge in [0.25, 0.3) is 0 Å². The largest absolute Gasteiger partial charge is 0.573 e. The van der Waals surface area contributed by atoms with Crippen LogP contribution in [0, 0.1) is 0 Å². The Kier molecular flexibility index (Phi) is 6.13. The Morgan fingerprint density at radius 2 is 2.04 bits per heavy atom. The number of aromatic nitrogens is 2. The molecule has 0 spiro atoms. The van der Waals surface area contributed by atoms with Gasteiger partial charge >= 0.3 is 6.36 Å². The van der Waals surface area contributed by atoms with E-state index in [4.69, 9.17) is 0 Å². The van der Waals surface area contributed by atoms with Gasteiger partial charge in [-0.2, -0.15) is 0 Å². The molecule has 0 aliphatic rings. The third-order valence-electron chi connectivity index (χ3n) is 2.85. The molecule has 0 unspecified atom stereocenters. The highest BCUT2D eigenvalue weighted by molar-refractivity contribution is 7.99. The van der Waals surface area contributed by atoms with E-state index in [0.29, 0.717) is 5.69 Å². The molecule has 0 saturated carbocycles. The summed E-state index contributed by atoms with van der Waals surface area (Å²) in [4.78, 5) is 16.1. The van der Waals surface area contributed by atoms with Gasteiger partial charge in [-0.3, -0.25) is 4.79 Å². The Balaban J connectivity index is 1.85. The lowest BCUT2D eigenvalue weighted by Crippen LogP contribution is -2.17. The molecule has 130 valence electrons. The summed E-state index contributed by atoms with van der Waals surface area (Å²) in [5.74, 6) is -0.450. The normalized spacial score (nSPS) is 11.3. The van der Waals surface area contributed by atoms with Gasteiger partial charge in [0.2, 0.25) is 5.91 Å². The zero-order valence-electron chi connectivity index (χ0n) is 12.8. The van der Waals surface area contributed by atoms with Gasteiger partial charge < -0.3 is 14.6 Å². The van der Waals surface area contributed by atoms with E-state index < -0.39 is 6.36 Å². The minimum Gasteiger partial charge on any atom is -0.406 e. The summed E-state index contributed by atoms with van der Waals surface area (Å²) in [5, 5.41) is 3.36. The van der Waals surface area contributed by atoms with Crippen LogP contribution in [0.5, 0.6) is 5.75 Å². The molecular formula is C15H16F3N3O2S. The Bertz CT molecular complexity index is 671. The average Bonchev–Trinajstić information content (AvgIpc) is 2.93. The maximum atomic E-state index is 12.1. The number of benzene rings is 1. The fourth-order valence-corrected chi connectivity index (χ4v) is 2.70. The number of halogens is 3. The van der Waals surface area contributed by atoms with Crippen molar-refractivity contribution in [1.82, 2.24) is 9.55 Å². The molecule has 0 aliphatic heterocycles. The van der Waals surface area contributed by atoms with Crippen LogP contribution in [0.4, 0.5) is 18.9 Å². The van der Waals surface area contributed by atoms with Crippen molar-refractivity contribution in [2.75, 3.05) is 11.1 Å². The number of carbonyl (C=O) groups is 1. The highest BCUT2D eigenvalue weighted by Gasteiger charge is 2.30. The number of rotatable bonds is 7. The van der Waals surface area contributed by atoms with Gasteiger partial charge in [-0.1, -0.05) is 18.7 Å². The van der Waals surface area contributed by atoms with E-state index in [0.717, 1.165) is 30.3 Å². The first-order valence-corrected chi connectivity index (χ1v) is 8.15. The van der Waals surface area contributed by atoms with E-state index in [1.165, 1.54) is 23.9 Å². The van der Waals surface area contributed by atoms with Gasteiger partial charge in [0.15, 0.2) is 5.16 Å². The number of imidazole rings is 1. The number of hydrogen-bond acceptors (Lipinski definition) is 4. The molecular weight excluding hydrogens is 343 g/mol. The van der Waals surface area contributed by atoms with Crippen molar-refractivity contribution in [3.63, 3.8) is 0 Å². The molecule has 0 bridgehead atoms. The number of anilines is 1. The number of nitrogens with zero attached hydrogens (tertiary/aromatic N) is 2. The summed E-state index contributed by atoms with van der Waals surface area (Å²) in [5.41, 5.74) is 0.395. The van der Waals surface area contributed by atoms with Crippen LogP contribution in [0.3, 0.4) is 0 Å². The number of ether oxygens (including phenoxy) is 1. The predicted octanol–water partition coefficient (Wildman–Crippen LogP) is 3.92.